The van der Waals surface area contributed by atoms with Crippen LogP contribution in [-0.2, 0) is 4.74 Å². The molecule has 0 saturated carbocycles. The Balaban J connectivity index is 1.71. The largest absolute Gasteiger partial charge is 0.465 e. The van der Waals surface area contributed by atoms with E-state index in [4.69, 9.17) is 4.74 Å². The molecule has 2 heterocycles. The summed E-state index contributed by atoms with van der Waals surface area (Å²) in [6.45, 7) is 4.34. The zero-order valence-corrected chi connectivity index (χ0v) is 14.0. The summed E-state index contributed by atoms with van der Waals surface area (Å²) in [7, 11) is 1.37. The molecule has 0 bridgehead atoms. The van der Waals surface area contributed by atoms with E-state index in [-0.39, 0.29) is 5.97 Å². The highest BCUT2D eigenvalue weighted by Gasteiger charge is 2.18. The van der Waals surface area contributed by atoms with Crippen LogP contribution in [-0.4, -0.2) is 36.1 Å². The minimum Gasteiger partial charge on any atom is -0.465 e. The molecular weight excluding hydrogens is 304 g/mol. The third-order valence-corrected chi connectivity index (χ3v) is 4.21. The van der Waals surface area contributed by atoms with Gasteiger partial charge in [0.1, 0.15) is 18.0 Å². The summed E-state index contributed by atoms with van der Waals surface area (Å²) in [6.07, 6.45) is 4.06. The number of benzene rings is 1. The van der Waals surface area contributed by atoms with Crippen LogP contribution in [0.4, 0.5) is 17.3 Å². The average Bonchev–Trinajstić information content (AvgIpc) is 2.62. The first-order valence-electron chi connectivity index (χ1n) is 8.18. The third-order valence-electron chi connectivity index (χ3n) is 4.21. The van der Waals surface area contributed by atoms with Gasteiger partial charge in [0, 0.05) is 24.8 Å². The summed E-state index contributed by atoms with van der Waals surface area (Å²) in [4.78, 5) is 22.5. The second kappa shape index (κ2) is 7.29. The minimum absolute atomic E-state index is 0.343. The summed E-state index contributed by atoms with van der Waals surface area (Å²) >= 11 is 0. The van der Waals surface area contributed by atoms with Crippen molar-refractivity contribution in [3.63, 3.8) is 0 Å². The molecule has 126 valence electrons. The monoisotopic (exact) mass is 326 g/mol. The molecule has 24 heavy (non-hydrogen) atoms. The number of hydrogen-bond acceptors (Lipinski definition) is 6. The van der Waals surface area contributed by atoms with E-state index >= 15 is 0 Å². The van der Waals surface area contributed by atoms with E-state index in [1.54, 1.807) is 18.5 Å². The molecule has 1 saturated heterocycles. The molecule has 1 unspecified atom stereocenters. The highest BCUT2D eigenvalue weighted by atomic mass is 16.5. The van der Waals surface area contributed by atoms with Gasteiger partial charge in [-0.1, -0.05) is 6.92 Å². The second-order valence-corrected chi connectivity index (χ2v) is 6.15. The van der Waals surface area contributed by atoms with Crippen LogP contribution in [0.25, 0.3) is 0 Å². The van der Waals surface area contributed by atoms with Gasteiger partial charge in [0.05, 0.1) is 12.7 Å². The first-order valence-corrected chi connectivity index (χ1v) is 8.18. The number of anilines is 3. The third kappa shape index (κ3) is 3.82. The van der Waals surface area contributed by atoms with Gasteiger partial charge in [-0.05, 0) is 43.0 Å². The number of carbonyl (C=O) groups excluding carboxylic acids is 1. The number of nitrogens with zero attached hydrogens (tertiary/aromatic N) is 3. The van der Waals surface area contributed by atoms with Crippen LogP contribution in [0.15, 0.2) is 36.7 Å². The Morgan fingerprint density at radius 3 is 2.79 bits per heavy atom. The van der Waals surface area contributed by atoms with Crippen molar-refractivity contribution in [1.29, 1.82) is 0 Å². The average molecular weight is 326 g/mol. The Labute approximate surface area is 141 Å². The number of rotatable bonds is 4. The number of nitrogens with one attached hydrogen (secondary N) is 1. The zero-order chi connectivity index (χ0) is 16.9. The van der Waals surface area contributed by atoms with Crippen molar-refractivity contribution in [3.05, 3.63) is 42.2 Å². The number of aromatic nitrogens is 2. The van der Waals surface area contributed by atoms with Gasteiger partial charge in [-0.3, -0.25) is 0 Å². The highest BCUT2D eigenvalue weighted by Crippen LogP contribution is 2.23. The van der Waals surface area contributed by atoms with Crippen molar-refractivity contribution in [2.24, 2.45) is 5.92 Å². The zero-order valence-electron chi connectivity index (χ0n) is 14.0. The summed E-state index contributed by atoms with van der Waals surface area (Å²) < 4.78 is 4.70. The summed E-state index contributed by atoms with van der Waals surface area (Å²) in [5.74, 6) is 2.04. The number of methoxy groups -OCH3 is 1. The maximum Gasteiger partial charge on any atom is 0.337 e. The van der Waals surface area contributed by atoms with E-state index in [0.717, 1.165) is 30.4 Å². The molecule has 1 aliphatic heterocycles. The molecule has 1 aromatic heterocycles. The summed E-state index contributed by atoms with van der Waals surface area (Å²) in [5.41, 5.74) is 1.38. The second-order valence-electron chi connectivity index (χ2n) is 6.15. The smallest absolute Gasteiger partial charge is 0.337 e. The fourth-order valence-electron chi connectivity index (χ4n) is 2.94. The Morgan fingerprint density at radius 1 is 1.29 bits per heavy atom. The first-order chi connectivity index (χ1) is 11.7. The van der Waals surface area contributed by atoms with Gasteiger partial charge in [0.25, 0.3) is 0 Å². The van der Waals surface area contributed by atoms with Crippen molar-refractivity contribution < 1.29 is 9.53 Å². The fraction of sp³-hybridized carbons (Fsp3) is 0.389. The summed E-state index contributed by atoms with van der Waals surface area (Å²) in [5, 5.41) is 3.25. The van der Waals surface area contributed by atoms with Gasteiger partial charge in [-0.2, -0.15) is 0 Å². The molecule has 1 N–H and O–H groups in total. The predicted octanol–water partition coefficient (Wildman–Crippen LogP) is 3.24. The van der Waals surface area contributed by atoms with E-state index in [2.05, 4.69) is 27.1 Å². The summed E-state index contributed by atoms with van der Waals surface area (Å²) in [6, 6.07) is 9.07. The Hall–Kier alpha value is -2.63. The molecule has 1 fully saturated rings. The lowest BCUT2D eigenvalue weighted by atomic mass is 10.0. The van der Waals surface area contributed by atoms with Gasteiger partial charge in [0.2, 0.25) is 0 Å². The fourth-order valence-corrected chi connectivity index (χ4v) is 2.94. The molecule has 0 amide bonds. The van der Waals surface area contributed by atoms with Gasteiger partial charge in [-0.25, -0.2) is 14.8 Å². The Bertz CT molecular complexity index is 702. The van der Waals surface area contributed by atoms with Crippen LogP contribution in [0, 0.1) is 5.92 Å². The molecule has 0 radical (unpaired) electrons. The quantitative estimate of drug-likeness (QED) is 0.870. The molecule has 3 rings (SSSR count). The SMILES string of the molecule is COC(=O)c1ccc(Nc2cc(N3CCCC(C)C3)ncn2)cc1. The molecule has 6 heteroatoms. The van der Waals surface area contributed by atoms with Gasteiger partial charge in [-0.15, -0.1) is 0 Å². The lowest BCUT2D eigenvalue weighted by Gasteiger charge is -2.31. The molecule has 0 aliphatic carbocycles. The number of piperidine rings is 1. The van der Waals surface area contributed by atoms with Gasteiger partial charge < -0.3 is 15.0 Å². The molecular formula is C18H22N4O2. The van der Waals surface area contributed by atoms with E-state index < -0.39 is 0 Å². The van der Waals surface area contributed by atoms with Crippen molar-refractivity contribution in [2.75, 3.05) is 30.4 Å². The van der Waals surface area contributed by atoms with Crippen LogP contribution < -0.4 is 10.2 Å². The normalized spacial score (nSPS) is 17.4. The highest BCUT2D eigenvalue weighted by molar-refractivity contribution is 5.89. The Morgan fingerprint density at radius 2 is 2.08 bits per heavy atom. The van der Waals surface area contributed by atoms with E-state index in [9.17, 15) is 4.79 Å². The lowest BCUT2D eigenvalue weighted by Crippen LogP contribution is -2.34. The minimum atomic E-state index is -0.343. The van der Waals surface area contributed by atoms with Gasteiger partial charge in [0.15, 0.2) is 0 Å². The van der Waals surface area contributed by atoms with E-state index in [1.807, 2.05) is 18.2 Å². The number of ether oxygens (including phenoxy) is 1. The molecule has 6 nitrogen and oxygen atoms in total. The van der Waals surface area contributed by atoms with Crippen LogP contribution in [0.5, 0.6) is 0 Å². The predicted molar refractivity (Wildman–Crippen MR) is 93.7 cm³/mol. The molecule has 2 aromatic rings. The maximum absolute atomic E-state index is 11.5. The van der Waals surface area contributed by atoms with Crippen molar-refractivity contribution >= 4 is 23.3 Å². The van der Waals surface area contributed by atoms with Gasteiger partial charge >= 0.3 is 5.97 Å². The van der Waals surface area contributed by atoms with Crippen LogP contribution in [0.3, 0.4) is 0 Å². The van der Waals surface area contributed by atoms with Crippen LogP contribution in [0.1, 0.15) is 30.1 Å². The Kier molecular flexibility index (Phi) is 4.93. The standard InChI is InChI=1S/C18H22N4O2/c1-13-4-3-9-22(11-13)17-10-16(19-12-20-17)21-15-7-5-14(6-8-15)18(23)24-2/h5-8,10,12-13H,3-4,9,11H2,1-2H3,(H,19,20,21). The van der Waals surface area contributed by atoms with Crippen molar-refractivity contribution in [1.82, 2.24) is 9.97 Å². The molecule has 0 spiro atoms. The van der Waals surface area contributed by atoms with Crippen molar-refractivity contribution in [2.45, 2.75) is 19.8 Å². The number of esters is 1. The molecule has 1 aromatic carbocycles. The lowest BCUT2D eigenvalue weighted by molar-refractivity contribution is 0.0601. The topological polar surface area (TPSA) is 67.3 Å². The van der Waals surface area contributed by atoms with E-state index in [1.165, 1.54) is 20.0 Å². The molecule has 1 aliphatic rings. The number of hydrogen-bond donors (Lipinski definition) is 1. The van der Waals surface area contributed by atoms with Crippen LogP contribution in [0.2, 0.25) is 0 Å². The number of carbonyl (C=O) groups is 1. The van der Waals surface area contributed by atoms with Crippen LogP contribution >= 0.6 is 0 Å². The maximum atomic E-state index is 11.5. The van der Waals surface area contributed by atoms with Crippen molar-refractivity contribution in [3.8, 4) is 0 Å². The molecule has 1 atom stereocenters. The first kappa shape index (κ1) is 16.2. The van der Waals surface area contributed by atoms with E-state index in [0.29, 0.717) is 11.5 Å².